The molecule has 0 spiro atoms. The molecule has 110 valence electrons. The first kappa shape index (κ1) is 15.0. The van der Waals surface area contributed by atoms with Crippen LogP contribution in [0, 0.1) is 12.8 Å². The highest BCUT2D eigenvalue weighted by Crippen LogP contribution is 2.23. The van der Waals surface area contributed by atoms with Crippen molar-refractivity contribution in [1.29, 1.82) is 0 Å². The van der Waals surface area contributed by atoms with Gasteiger partial charge in [0.05, 0.1) is 0 Å². The molecule has 0 unspecified atom stereocenters. The molecule has 1 saturated heterocycles. The summed E-state index contributed by atoms with van der Waals surface area (Å²) in [6.07, 6.45) is 4.13. The summed E-state index contributed by atoms with van der Waals surface area (Å²) in [5.74, 6) is 0.983. The van der Waals surface area contributed by atoms with E-state index in [0.717, 1.165) is 37.7 Å². The summed E-state index contributed by atoms with van der Waals surface area (Å²) in [4.78, 5) is 14.4. The van der Waals surface area contributed by atoms with Crippen LogP contribution in [0.2, 0.25) is 0 Å². The molecule has 1 heterocycles. The molecule has 3 nitrogen and oxygen atoms in total. The molecule has 20 heavy (non-hydrogen) atoms. The van der Waals surface area contributed by atoms with Crippen molar-refractivity contribution in [3.05, 3.63) is 29.8 Å². The molecule has 1 aromatic carbocycles. The number of benzene rings is 1. The monoisotopic (exact) mass is 274 g/mol. The fraction of sp³-hybridized carbons (Fsp3) is 0.588. The summed E-state index contributed by atoms with van der Waals surface area (Å²) < 4.78 is 0. The number of nitrogens with one attached hydrogen (secondary N) is 1. The van der Waals surface area contributed by atoms with Crippen molar-refractivity contribution in [3.63, 3.8) is 0 Å². The third-order valence-corrected chi connectivity index (χ3v) is 4.25. The number of aryl methyl sites for hydroxylation is 1. The van der Waals surface area contributed by atoms with E-state index in [0.29, 0.717) is 6.42 Å². The Morgan fingerprint density at radius 1 is 1.30 bits per heavy atom. The van der Waals surface area contributed by atoms with Gasteiger partial charge in [-0.25, -0.2) is 0 Å². The quantitative estimate of drug-likeness (QED) is 0.894. The summed E-state index contributed by atoms with van der Waals surface area (Å²) in [5, 5.41) is 3.37. The molecular weight excluding hydrogens is 248 g/mol. The Hall–Kier alpha value is -1.35. The molecular formula is C17H26N2O. The molecule has 0 saturated carbocycles. The van der Waals surface area contributed by atoms with E-state index in [1.54, 1.807) is 0 Å². The fourth-order valence-corrected chi connectivity index (χ4v) is 2.98. The zero-order chi connectivity index (χ0) is 14.4. The molecule has 3 heteroatoms. The van der Waals surface area contributed by atoms with Crippen LogP contribution in [0.3, 0.4) is 0 Å². The van der Waals surface area contributed by atoms with Crippen LogP contribution in [-0.2, 0) is 4.79 Å². The molecule has 0 radical (unpaired) electrons. The standard InChI is InChI=1S/C17H26N2O/c1-3-19(16-7-5-4-6-14(16)2)17(20)9-8-15-10-12-18-13-11-15/h4-7,15,18H,3,8-13H2,1-2H3. The highest BCUT2D eigenvalue weighted by atomic mass is 16.2. The maximum atomic E-state index is 12.5. The van der Waals surface area contributed by atoms with Gasteiger partial charge in [0.1, 0.15) is 0 Å². The largest absolute Gasteiger partial charge is 0.317 e. The second-order valence-electron chi connectivity index (χ2n) is 5.66. The van der Waals surface area contributed by atoms with Crippen molar-refractivity contribution >= 4 is 11.6 Å². The smallest absolute Gasteiger partial charge is 0.226 e. The Bertz CT molecular complexity index is 438. The van der Waals surface area contributed by atoms with E-state index in [1.165, 1.54) is 18.4 Å². The molecule has 1 aliphatic heterocycles. The van der Waals surface area contributed by atoms with E-state index in [4.69, 9.17) is 0 Å². The number of carbonyl (C=O) groups is 1. The van der Waals surface area contributed by atoms with Crippen molar-refractivity contribution in [2.24, 2.45) is 5.92 Å². The molecule has 0 aliphatic carbocycles. The van der Waals surface area contributed by atoms with Crippen molar-refractivity contribution in [3.8, 4) is 0 Å². The van der Waals surface area contributed by atoms with Gasteiger partial charge in [0, 0.05) is 18.7 Å². The number of piperidine rings is 1. The van der Waals surface area contributed by atoms with Gasteiger partial charge in [-0.2, -0.15) is 0 Å². The third kappa shape index (κ3) is 3.83. The number of rotatable bonds is 5. The van der Waals surface area contributed by atoms with Crippen LogP contribution < -0.4 is 10.2 Å². The molecule has 0 bridgehead atoms. The van der Waals surface area contributed by atoms with E-state index >= 15 is 0 Å². The number of nitrogens with zero attached hydrogens (tertiary/aromatic N) is 1. The topological polar surface area (TPSA) is 32.3 Å². The van der Waals surface area contributed by atoms with E-state index < -0.39 is 0 Å². The van der Waals surface area contributed by atoms with Crippen LogP contribution >= 0.6 is 0 Å². The normalized spacial score (nSPS) is 16.1. The summed E-state index contributed by atoms with van der Waals surface area (Å²) in [7, 11) is 0. The maximum absolute atomic E-state index is 12.5. The molecule has 1 N–H and O–H groups in total. The minimum atomic E-state index is 0.264. The summed E-state index contributed by atoms with van der Waals surface area (Å²) in [6, 6.07) is 8.14. The van der Waals surface area contributed by atoms with E-state index in [-0.39, 0.29) is 5.91 Å². The lowest BCUT2D eigenvalue weighted by Crippen LogP contribution is -2.32. The average molecular weight is 274 g/mol. The maximum Gasteiger partial charge on any atom is 0.226 e. The van der Waals surface area contributed by atoms with Crippen LogP contribution in [0.1, 0.15) is 38.2 Å². The van der Waals surface area contributed by atoms with Crippen molar-refractivity contribution in [2.45, 2.75) is 39.5 Å². The van der Waals surface area contributed by atoms with Gasteiger partial charge >= 0.3 is 0 Å². The lowest BCUT2D eigenvalue weighted by Gasteiger charge is -2.26. The molecule has 1 aliphatic rings. The zero-order valence-corrected chi connectivity index (χ0v) is 12.7. The van der Waals surface area contributed by atoms with Crippen molar-refractivity contribution < 1.29 is 4.79 Å². The fourth-order valence-electron chi connectivity index (χ4n) is 2.98. The van der Waals surface area contributed by atoms with Crippen molar-refractivity contribution in [1.82, 2.24) is 5.32 Å². The lowest BCUT2D eigenvalue weighted by atomic mass is 9.93. The molecule has 2 rings (SSSR count). The van der Waals surface area contributed by atoms with Gasteiger partial charge in [-0.3, -0.25) is 4.79 Å². The Labute approximate surface area is 122 Å². The van der Waals surface area contributed by atoms with Gasteiger partial charge in [0.15, 0.2) is 0 Å². The van der Waals surface area contributed by atoms with Gasteiger partial charge in [-0.1, -0.05) is 18.2 Å². The molecule has 1 fully saturated rings. The van der Waals surface area contributed by atoms with Crippen LogP contribution in [0.25, 0.3) is 0 Å². The number of amides is 1. The zero-order valence-electron chi connectivity index (χ0n) is 12.7. The predicted octanol–water partition coefficient (Wildman–Crippen LogP) is 3.13. The number of hydrogen-bond acceptors (Lipinski definition) is 2. The molecule has 1 amide bonds. The molecule has 0 aromatic heterocycles. The number of hydrogen-bond donors (Lipinski definition) is 1. The summed E-state index contributed by atoms with van der Waals surface area (Å²) in [6.45, 7) is 7.07. The van der Waals surface area contributed by atoms with Gasteiger partial charge in [-0.15, -0.1) is 0 Å². The Morgan fingerprint density at radius 2 is 2.00 bits per heavy atom. The minimum Gasteiger partial charge on any atom is -0.317 e. The molecule has 0 atom stereocenters. The highest BCUT2D eigenvalue weighted by Gasteiger charge is 2.19. The first-order valence-corrected chi connectivity index (χ1v) is 7.79. The number of carbonyl (C=O) groups excluding carboxylic acids is 1. The second kappa shape index (κ2) is 7.44. The van der Waals surface area contributed by atoms with Crippen LogP contribution in [-0.4, -0.2) is 25.5 Å². The second-order valence-corrected chi connectivity index (χ2v) is 5.66. The van der Waals surface area contributed by atoms with E-state index in [1.807, 2.05) is 23.1 Å². The minimum absolute atomic E-state index is 0.264. The first-order chi connectivity index (χ1) is 9.72. The van der Waals surface area contributed by atoms with Gasteiger partial charge in [0.2, 0.25) is 5.91 Å². The SMILES string of the molecule is CCN(C(=O)CCC1CCNCC1)c1ccccc1C. The van der Waals surface area contributed by atoms with Crippen molar-refractivity contribution in [2.75, 3.05) is 24.5 Å². The summed E-state index contributed by atoms with van der Waals surface area (Å²) in [5.41, 5.74) is 2.23. The van der Waals surface area contributed by atoms with Gasteiger partial charge in [0.25, 0.3) is 0 Å². The first-order valence-electron chi connectivity index (χ1n) is 7.79. The van der Waals surface area contributed by atoms with Crippen LogP contribution in [0.5, 0.6) is 0 Å². The van der Waals surface area contributed by atoms with E-state index in [9.17, 15) is 4.79 Å². The Morgan fingerprint density at radius 3 is 2.65 bits per heavy atom. The van der Waals surface area contributed by atoms with Gasteiger partial charge in [-0.05, 0) is 63.7 Å². The predicted molar refractivity (Wildman–Crippen MR) is 84.0 cm³/mol. The van der Waals surface area contributed by atoms with Crippen LogP contribution in [0.15, 0.2) is 24.3 Å². The van der Waals surface area contributed by atoms with E-state index in [2.05, 4.69) is 25.2 Å². The average Bonchev–Trinajstić information content (AvgIpc) is 2.49. The van der Waals surface area contributed by atoms with Gasteiger partial charge < -0.3 is 10.2 Å². The summed E-state index contributed by atoms with van der Waals surface area (Å²) >= 11 is 0. The number of para-hydroxylation sites is 1. The third-order valence-electron chi connectivity index (χ3n) is 4.25. The molecule has 1 aromatic rings. The lowest BCUT2D eigenvalue weighted by molar-refractivity contribution is -0.118. The highest BCUT2D eigenvalue weighted by molar-refractivity contribution is 5.94. The Kier molecular flexibility index (Phi) is 5.60. The Balaban J connectivity index is 1.93. The number of anilines is 1. The van der Waals surface area contributed by atoms with Crippen LogP contribution in [0.4, 0.5) is 5.69 Å².